The molecule has 0 saturated carbocycles. The molecule has 0 heterocycles. The molecule has 0 rings (SSSR count). The summed E-state index contributed by atoms with van der Waals surface area (Å²) in [7, 11) is 0. The van der Waals surface area contributed by atoms with Gasteiger partial charge in [-0.2, -0.15) is 0 Å². The zero-order valence-electron chi connectivity index (χ0n) is 13.2. The highest BCUT2D eigenvalue weighted by Crippen LogP contribution is 1.82. The molecule has 116 valence electrons. The second-order valence-corrected chi connectivity index (χ2v) is 3.57. The van der Waals surface area contributed by atoms with E-state index in [1.165, 1.54) is 0 Å². The highest BCUT2D eigenvalue weighted by molar-refractivity contribution is 5.46. The number of hydrogen-bond donors (Lipinski definition) is 2. The van der Waals surface area contributed by atoms with E-state index in [4.69, 9.17) is 16.6 Å². The van der Waals surface area contributed by atoms with Crippen LogP contribution in [0.4, 0.5) is 0 Å². The van der Waals surface area contributed by atoms with Crippen LogP contribution >= 0.6 is 0 Å². The lowest BCUT2D eigenvalue weighted by Crippen LogP contribution is -2.24. The molecule has 0 fully saturated rings. The van der Waals surface area contributed by atoms with Gasteiger partial charge in [0.2, 0.25) is 0 Å². The normalized spacial score (nSPS) is 5.64. The molecule has 0 aliphatic carbocycles. The molecule has 2 N–H and O–H groups in total. The summed E-state index contributed by atoms with van der Waals surface area (Å²) in [5.74, 6) is 39.2. The minimum Gasteiger partial charge on any atom is -0.395 e. The van der Waals surface area contributed by atoms with Crippen LogP contribution in [0.5, 0.6) is 0 Å². The molecule has 0 bridgehead atoms. The summed E-state index contributed by atoms with van der Waals surface area (Å²) in [6.07, 6.45) is 4.91. The fourth-order valence-electron chi connectivity index (χ4n) is 1.01. The quantitative estimate of drug-likeness (QED) is 0.510. The number of aliphatic hydroxyl groups excluding tert-OH is 2. The second-order valence-electron chi connectivity index (χ2n) is 3.57. The molecule has 0 atom stereocenters. The summed E-state index contributed by atoms with van der Waals surface area (Å²) in [4.78, 5) is 1.56. The number of nitrogens with zero attached hydrogens (tertiary/aromatic N) is 1. The molecule has 0 aromatic heterocycles. The SMILES string of the molecule is C#CC#CC#CC#CC#CC#CC#CC#CC#CN(CCO)CCO. The molecule has 0 aromatic carbocycles. The Morgan fingerprint density at radius 3 is 1.16 bits per heavy atom. The van der Waals surface area contributed by atoms with Crippen LogP contribution in [0.2, 0.25) is 0 Å². The van der Waals surface area contributed by atoms with Crippen molar-refractivity contribution in [3.63, 3.8) is 0 Å². The van der Waals surface area contributed by atoms with Crippen molar-refractivity contribution in [3.8, 4) is 107 Å². The van der Waals surface area contributed by atoms with Crippen molar-refractivity contribution < 1.29 is 10.2 Å². The van der Waals surface area contributed by atoms with Crippen molar-refractivity contribution in [1.29, 1.82) is 0 Å². The van der Waals surface area contributed by atoms with Gasteiger partial charge in [0.15, 0.2) is 0 Å². The highest BCUT2D eigenvalue weighted by atomic mass is 16.3. The summed E-state index contributed by atoms with van der Waals surface area (Å²) >= 11 is 0. The number of terminal acetylenes is 1. The third kappa shape index (κ3) is 16.0. The molecule has 3 nitrogen and oxygen atoms in total. The van der Waals surface area contributed by atoms with Crippen LogP contribution in [0.15, 0.2) is 0 Å². The number of rotatable bonds is 4. The first kappa shape index (κ1) is 20.8. The van der Waals surface area contributed by atoms with Crippen LogP contribution < -0.4 is 0 Å². The predicted molar refractivity (Wildman–Crippen MR) is 96.8 cm³/mol. The van der Waals surface area contributed by atoms with Crippen LogP contribution in [-0.2, 0) is 0 Å². The van der Waals surface area contributed by atoms with E-state index in [-0.39, 0.29) is 13.2 Å². The van der Waals surface area contributed by atoms with Crippen LogP contribution in [0.1, 0.15) is 0 Å². The van der Waals surface area contributed by atoms with Gasteiger partial charge in [-0.05, 0) is 47.4 Å². The van der Waals surface area contributed by atoms with Crippen molar-refractivity contribution in [2.24, 2.45) is 0 Å². The monoisotopic (exact) mass is 321 g/mol. The molecule has 0 unspecified atom stereocenters. The van der Waals surface area contributed by atoms with Crippen molar-refractivity contribution in [1.82, 2.24) is 4.90 Å². The first-order chi connectivity index (χ1) is 12.3. The third-order valence-corrected chi connectivity index (χ3v) is 1.90. The molecule has 0 amide bonds. The average molecular weight is 321 g/mol. The Bertz CT molecular complexity index is 976. The molecule has 0 saturated heterocycles. The maximum Gasteiger partial charge on any atom is 0.0613 e. The van der Waals surface area contributed by atoms with E-state index in [1.54, 1.807) is 4.90 Å². The first-order valence-corrected chi connectivity index (χ1v) is 6.78. The van der Waals surface area contributed by atoms with E-state index in [0.717, 1.165) is 0 Å². The van der Waals surface area contributed by atoms with E-state index < -0.39 is 0 Å². The van der Waals surface area contributed by atoms with Gasteiger partial charge in [0.05, 0.1) is 13.2 Å². The van der Waals surface area contributed by atoms with E-state index >= 15 is 0 Å². The summed E-state index contributed by atoms with van der Waals surface area (Å²) < 4.78 is 0. The largest absolute Gasteiger partial charge is 0.395 e. The summed E-state index contributed by atoms with van der Waals surface area (Å²) in [5.41, 5.74) is 0. The minimum atomic E-state index is -0.0463. The summed E-state index contributed by atoms with van der Waals surface area (Å²) in [6.45, 7) is 0.598. The lowest BCUT2D eigenvalue weighted by atomic mass is 10.4. The van der Waals surface area contributed by atoms with E-state index in [1.807, 2.05) is 0 Å². The lowest BCUT2D eigenvalue weighted by Gasteiger charge is -2.13. The second kappa shape index (κ2) is 17.8. The van der Waals surface area contributed by atoms with Crippen LogP contribution in [0.25, 0.3) is 0 Å². The maximum absolute atomic E-state index is 8.80. The minimum absolute atomic E-state index is 0.0463. The van der Waals surface area contributed by atoms with Gasteiger partial charge in [0, 0.05) is 66.5 Å². The van der Waals surface area contributed by atoms with Gasteiger partial charge >= 0.3 is 0 Å². The maximum atomic E-state index is 8.80. The Balaban J connectivity index is 4.44. The first-order valence-electron chi connectivity index (χ1n) is 6.78. The molecule has 0 aliphatic rings. The Morgan fingerprint density at radius 2 is 0.840 bits per heavy atom. The molecule has 25 heavy (non-hydrogen) atoms. The fourth-order valence-corrected chi connectivity index (χ4v) is 1.01. The van der Waals surface area contributed by atoms with Gasteiger partial charge < -0.3 is 15.1 Å². The van der Waals surface area contributed by atoms with Crippen molar-refractivity contribution in [2.45, 2.75) is 0 Å². The number of aliphatic hydroxyl groups is 2. The third-order valence-electron chi connectivity index (χ3n) is 1.90. The Morgan fingerprint density at radius 1 is 0.520 bits per heavy atom. The van der Waals surface area contributed by atoms with Crippen LogP contribution in [-0.4, -0.2) is 41.4 Å². The van der Waals surface area contributed by atoms with Crippen molar-refractivity contribution in [2.75, 3.05) is 26.3 Å². The number of hydrogen-bond acceptors (Lipinski definition) is 3. The molecular weight excluding hydrogens is 310 g/mol. The van der Waals surface area contributed by atoms with Gasteiger partial charge in [-0.15, -0.1) is 6.42 Å². The topological polar surface area (TPSA) is 43.7 Å². The fraction of sp³-hybridized carbons (Fsp3) is 0.182. The standard InChI is InChI=1S/C22H11NO2/c1-2-3-4-5-6-7-8-9-10-11-12-13-14-15-16-17-18-23(19-21-24)20-22-25/h1,24-25H,19-22H2. The van der Waals surface area contributed by atoms with Crippen molar-refractivity contribution >= 4 is 0 Å². The average Bonchev–Trinajstić information content (AvgIpc) is 2.61. The molecular formula is C22H11NO2. The van der Waals surface area contributed by atoms with Gasteiger partial charge in [0.1, 0.15) is 0 Å². The lowest BCUT2D eigenvalue weighted by molar-refractivity contribution is 0.206. The Kier molecular flexibility index (Phi) is 14.8. The van der Waals surface area contributed by atoms with Crippen molar-refractivity contribution in [3.05, 3.63) is 0 Å². The smallest absolute Gasteiger partial charge is 0.0613 e. The van der Waals surface area contributed by atoms with Gasteiger partial charge in [-0.3, -0.25) is 0 Å². The van der Waals surface area contributed by atoms with Gasteiger partial charge in [-0.1, -0.05) is 0 Å². The van der Waals surface area contributed by atoms with Gasteiger partial charge in [0.25, 0.3) is 0 Å². The zero-order chi connectivity index (χ0) is 18.4. The van der Waals surface area contributed by atoms with E-state index in [0.29, 0.717) is 13.1 Å². The Hall–Kier alpha value is -4.24. The molecule has 0 aliphatic heterocycles. The summed E-state index contributed by atoms with van der Waals surface area (Å²) in [6, 6.07) is 2.69. The highest BCUT2D eigenvalue weighted by Gasteiger charge is 1.94. The molecule has 0 spiro atoms. The van der Waals surface area contributed by atoms with E-state index in [2.05, 4.69) is 101 Å². The molecule has 3 heteroatoms. The Labute approximate surface area is 149 Å². The predicted octanol–water partition coefficient (Wildman–Crippen LogP) is -1.11. The van der Waals surface area contributed by atoms with Crippen LogP contribution in [0.3, 0.4) is 0 Å². The molecule has 0 radical (unpaired) electrons. The zero-order valence-corrected chi connectivity index (χ0v) is 13.2. The van der Waals surface area contributed by atoms with Crippen LogP contribution in [0, 0.1) is 107 Å². The van der Waals surface area contributed by atoms with Gasteiger partial charge in [-0.25, -0.2) is 0 Å². The van der Waals surface area contributed by atoms with E-state index in [9.17, 15) is 0 Å². The summed E-state index contributed by atoms with van der Waals surface area (Å²) in [5, 5.41) is 17.6. The molecule has 0 aromatic rings.